The summed E-state index contributed by atoms with van der Waals surface area (Å²) in [6.07, 6.45) is 1.94. The van der Waals surface area contributed by atoms with E-state index in [4.69, 9.17) is 9.47 Å². The molecule has 1 unspecified atom stereocenters. The monoisotopic (exact) mass is 351 g/mol. The Morgan fingerprint density at radius 1 is 1.15 bits per heavy atom. The molecule has 2 aliphatic heterocycles. The van der Waals surface area contributed by atoms with Crippen LogP contribution in [-0.2, 0) is 17.6 Å². The quantitative estimate of drug-likeness (QED) is 0.790. The third-order valence-electron chi connectivity index (χ3n) is 5.30. The molecule has 2 aromatic carbocycles. The molecule has 4 rings (SSSR count). The van der Waals surface area contributed by atoms with E-state index in [2.05, 4.69) is 29.2 Å². The van der Waals surface area contributed by atoms with Crippen LogP contribution in [0.2, 0.25) is 0 Å². The van der Waals surface area contributed by atoms with Gasteiger partial charge in [-0.2, -0.15) is 0 Å². The van der Waals surface area contributed by atoms with E-state index in [1.165, 1.54) is 16.8 Å². The van der Waals surface area contributed by atoms with Crippen LogP contribution in [0.4, 0.5) is 5.69 Å². The summed E-state index contributed by atoms with van der Waals surface area (Å²) >= 11 is 0. The molecular formula is C22H25NO3. The van der Waals surface area contributed by atoms with Gasteiger partial charge in [0.15, 0.2) is 5.78 Å². The number of Topliss-reactive ketones (excluding diaryl/α,β-unsaturated/α-hetero) is 1. The molecule has 0 spiro atoms. The van der Waals surface area contributed by atoms with Gasteiger partial charge in [0.25, 0.3) is 0 Å². The van der Waals surface area contributed by atoms with Gasteiger partial charge in [-0.15, -0.1) is 0 Å². The molecule has 0 N–H and O–H groups in total. The van der Waals surface area contributed by atoms with Crippen LogP contribution in [0.15, 0.2) is 42.5 Å². The van der Waals surface area contributed by atoms with Gasteiger partial charge in [-0.05, 0) is 55.2 Å². The van der Waals surface area contributed by atoms with Crippen LogP contribution < -0.4 is 9.64 Å². The van der Waals surface area contributed by atoms with Crippen molar-refractivity contribution >= 4 is 11.5 Å². The number of nitrogens with zero attached hydrogens (tertiary/aromatic N) is 1. The maximum Gasteiger partial charge on any atom is 0.159 e. The van der Waals surface area contributed by atoms with Crippen molar-refractivity contribution in [3.05, 3.63) is 59.2 Å². The second-order valence-corrected chi connectivity index (χ2v) is 7.19. The molecule has 0 bridgehead atoms. The standard InChI is InChI=1S/C22H25NO3/c1-16(24)18-6-7-21(23-8-10-25-11-9-23)20(14-18)13-17-12-19-4-2-3-5-22(19)26-15-17/h2-7,14,17H,8-13,15H2,1H3. The molecule has 136 valence electrons. The molecule has 0 aromatic heterocycles. The Bertz CT molecular complexity index is 796. The van der Waals surface area contributed by atoms with E-state index >= 15 is 0 Å². The first kappa shape index (κ1) is 17.1. The van der Waals surface area contributed by atoms with Crippen molar-refractivity contribution in [1.29, 1.82) is 0 Å². The van der Waals surface area contributed by atoms with E-state index in [9.17, 15) is 4.79 Å². The highest BCUT2D eigenvalue weighted by Gasteiger charge is 2.23. The first-order valence-corrected chi connectivity index (χ1v) is 9.38. The predicted molar refractivity (Wildman–Crippen MR) is 102 cm³/mol. The number of ether oxygens (including phenoxy) is 2. The fraction of sp³-hybridized carbons (Fsp3) is 0.409. The zero-order valence-corrected chi connectivity index (χ0v) is 15.2. The second kappa shape index (κ2) is 7.50. The molecule has 4 nitrogen and oxygen atoms in total. The van der Waals surface area contributed by atoms with Crippen LogP contribution in [0.25, 0.3) is 0 Å². The summed E-state index contributed by atoms with van der Waals surface area (Å²) in [7, 11) is 0. The zero-order valence-electron chi connectivity index (χ0n) is 15.2. The normalized spacial score (nSPS) is 19.6. The van der Waals surface area contributed by atoms with E-state index in [1.54, 1.807) is 6.92 Å². The highest BCUT2D eigenvalue weighted by Crippen LogP contribution is 2.32. The Hall–Kier alpha value is -2.33. The summed E-state index contributed by atoms with van der Waals surface area (Å²) in [5.41, 5.74) is 4.54. The molecule has 2 heterocycles. The molecule has 0 aliphatic carbocycles. The number of rotatable bonds is 4. The van der Waals surface area contributed by atoms with Crippen molar-refractivity contribution in [2.75, 3.05) is 37.8 Å². The van der Waals surface area contributed by atoms with Gasteiger partial charge in [0.2, 0.25) is 0 Å². The van der Waals surface area contributed by atoms with Gasteiger partial charge in [0.05, 0.1) is 19.8 Å². The summed E-state index contributed by atoms with van der Waals surface area (Å²) in [6, 6.07) is 14.4. The highest BCUT2D eigenvalue weighted by atomic mass is 16.5. The number of hydrogen-bond donors (Lipinski definition) is 0. The van der Waals surface area contributed by atoms with Gasteiger partial charge in [-0.1, -0.05) is 18.2 Å². The zero-order chi connectivity index (χ0) is 17.9. The van der Waals surface area contributed by atoms with Crippen LogP contribution in [0, 0.1) is 5.92 Å². The summed E-state index contributed by atoms with van der Waals surface area (Å²) in [5.74, 6) is 1.55. The van der Waals surface area contributed by atoms with E-state index in [0.29, 0.717) is 5.92 Å². The van der Waals surface area contributed by atoms with E-state index in [0.717, 1.165) is 57.1 Å². The van der Waals surface area contributed by atoms with Crippen molar-refractivity contribution in [3.8, 4) is 5.75 Å². The number of morpholine rings is 1. The summed E-state index contributed by atoms with van der Waals surface area (Å²) in [4.78, 5) is 14.3. The third-order valence-corrected chi connectivity index (χ3v) is 5.30. The lowest BCUT2D eigenvalue weighted by Gasteiger charge is -2.32. The molecule has 1 saturated heterocycles. The summed E-state index contributed by atoms with van der Waals surface area (Å²) in [5, 5.41) is 0. The third kappa shape index (κ3) is 3.61. The molecule has 2 aromatic rings. The first-order chi connectivity index (χ1) is 12.7. The Morgan fingerprint density at radius 3 is 2.77 bits per heavy atom. The van der Waals surface area contributed by atoms with Gasteiger partial charge in [-0.25, -0.2) is 0 Å². The minimum atomic E-state index is 0.116. The topological polar surface area (TPSA) is 38.8 Å². The van der Waals surface area contributed by atoms with Gasteiger partial charge in [0, 0.05) is 30.3 Å². The second-order valence-electron chi connectivity index (χ2n) is 7.19. The molecular weight excluding hydrogens is 326 g/mol. The van der Waals surface area contributed by atoms with Crippen LogP contribution in [0.3, 0.4) is 0 Å². The number of ketones is 1. The van der Waals surface area contributed by atoms with Crippen molar-refractivity contribution in [2.45, 2.75) is 19.8 Å². The van der Waals surface area contributed by atoms with Crippen molar-refractivity contribution < 1.29 is 14.3 Å². The molecule has 4 heteroatoms. The van der Waals surface area contributed by atoms with Crippen molar-refractivity contribution in [3.63, 3.8) is 0 Å². The maximum absolute atomic E-state index is 11.9. The van der Waals surface area contributed by atoms with Gasteiger partial charge in [0.1, 0.15) is 5.75 Å². The Morgan fingerprint density at radius 2 is 1.96 bits per heavy atom. The van der Waals surface area contributed by atoms with Crippen LogP contribution in [-0.4, -0.2) is 38.7 Å². The predicted octanol–water partition coefficient (Wildman–Crippen LogP) is 3.52. The van der Waals surface area contributed by atoms with Crippen LogP contribution in [0.1, 0.15) is 28.4 Å². The molecule has 0 amide bonds. The first-order valence-electron chi connectivity index (χ1n) is 9.38. The van der Waals surface area contributed by atoms with Crippen molar-refractivity contribution in [1.82, 2.24) is 0 Å². The number of hydrogen-bond acceptors (Lipinski definition) is 4. The summed E-state index contributed by atoms with van der Waals surface area (Å²) < 4.78 is 11.5. The molecule has 26 heavy (non-hydrogen) atoms. The number of carbonyl (C=O) groups is 1. The average molecular weight is 351 g/mol. The van der Waals surface area contributed by atoms with Gasteiger partial charge >= 0.3 is 0 Å². The lowest BCUT2D eigenvalue weighted by Crippen LogP contribution is -2.37. The van der Waals surface area contributed by atoms with Crippen LogP contribution in [0.5, 0.6) is 5.75 Å². The molecule has 0 saturated carbocycles. The number of anilines is 1. The molecule has 1 atom stereocenters. The largest absolute Gasteiger partial charge is 0.493 e. The Labute approximate surface area is 154 Å². The lowest BCUT2D eigenvalue weighted by atomic mass is 9.89. The number of para-hydroxylation sites is 1. The van der Waals surface area contributed by atoms with Crippen LogP contribution >= 0.6 is 0 Å². The Balaban J connectivity index is 1.59. The fourth-order valence-corrected chi connectivity index (χ4v) is 3.91. The number of benzene rings is 2. The number of carbonyl (C=O) groups excluding carboxylic acids is 1. The average Bonchev–Trinajstić information content (AvgIpc) is 2.68. The molecule has 1 fully saturated rings. The van der Waals surface area contributed by atoms with E-state index in [-0.39, 0.29) is 5.78 Å². The van der Waals surface area contributed by atoms with Gasteiger partial charge < -0.3 is 14.4 Å². The van der Waals surface area contributed by atoms with Crippen molar-refractivity contribution in [2.24, 2.45) is 5.92 Å². The molecule has 2 aliphatic rings. The highest BCUT2D eigenvalue weighted by molar-refractivity contribution is 5.94. The molecule has 0 radical (unpaired) electrons. The SMILES string of the molecule is CC(=O)c1ccc(N2CCOCC2)c(CC2COc3ccccc3C2)c1. The summed E-state index contributed by atoms with van der Waals surface area (Å²) in [6.45, 7) is 5.67. The van der Waals surface area contributed by atoms with E-state index < -0.39 is 0 Å². The Kier molecular flexibility index (Phi) is 4.93. The lowest BCUT2D eigenvalue weighted by molar-refractivity contribution is 0.101. The fourth-order valence-electron chi connectivity index (χ4n) is 3.91. The minimum absolute atomic E-state index is 0.116. The minimum Gasteiger partial charge on any atom is -0.493 e. The maximum atomic E-state index is 11.9. The number of fused-ring (bicyclic) bond motifs is 1. The van der Waals surface area contributed by atoms with E-state index in [1.807, 2.05) is 18.2 Å². The van der Waals surface area contributed by atoms with Gasteiger partial charge in [-0.3, -0.25) is 4.79 Å². The smallest absolute Gasteiger partial charge is 0.159 e.